The second kappa shape index (κ2) is 5.49. The summed E-state index contributed by atoms with van der Waals surface area (Å²) in [5.74, 6) is -0.566. The number of oxazole rings is 1. The first-order valence-electron chi connectivity index (χ1n) is 6.65. The highest BCUT2D eigenvalue weighted by molar-refractivity contribution is 7.92. The van der Waals surface area contributed by atoms with E-state index < -0.39 is 20.7 Å². The Balaban J connectivity index is 1.99. The lowest BCUT2D eigenvalue weighted by atomic mass is 10.3. The minimum Gasteiger partial charge on any atom is -0.408 e. The SMILES string of the molecule is Cn1c(=O)oc2cc(NS(=O)(=O)c3cccc([N+](=O)[O-])c3)ccc21. The normalized spacial score (nSPS) is 11.5. The van der Waals surface area contributed by atoms with Crippen molar-refractivity contribution in [1.29, 1.82) is 0 Å². The summed E-state index contributed by atoms with van der Waals surface area (Å²) in [5, 5.41) is 10.8. The number of hydrogen-bond donors (Lipinski definition) is 1. The molecule has 124 valence electrons. The van der Waals surface area contributed by atoms with E-state index in [1.807, 2.05) is 0 Å². The first-order valence-corrected chi connectivity index (χ1v) is 8.13. The van der Waals surface area contributed by atoms with Gasteiger partial charge >= 0.3 is 5.76 Å². The van der Waals surface area contributed by atoms with E-state index in [2.05, 4.69) is 4.72 Å². The van der Waals surface area contributed by atoms with Crippen LogP contribution in [0.4, 0.5) is 11.4 Å². The number of aryl methyl sites for hydroxylation is 1. The monoisotopic (exact) mass is 349 g/mol. The highest BCUT2D eigenvalue weighted by Crippen LogP contribution is 2.23. The molecule has 2 aromatic carbocycles. The third kappa shape index (κ3) is 2.74. The molecule has 0 aliphatic rings. The summed E-state index contributed by atoms with van der Waals surface area (Å²) >= 11 is 0. The molecule has 3 aromatic rings. The van der Waals surface area contributed by atoms with E-state index >= 15 is 0 Å². The van der Waals surface area contributed by atoms with E-state index in [-0.39, 0.29) is 21.9 Å². The number of rotatable bonds is 4. The summed E-state index contributed by atoms with van der Waals surface area (Å²) in [6.07, 6.45) is 0. The molecule has 0 fully saturated rings. The molecule has 0 aliphatic heterocycles. The lowest BCUT2D eigenvalue weighted by Crippen LogP contribution is -2.13. The molecular formula is C14H11N3O6S. The van der Waals surface area contributed by atoms with Crippen molar-refractivity contribution < 1.29 is 17.8 Å². The van der Waals surface area contributed by atoms with Gasteiger partial charge in [-0.15, -0.1) is 0 Å². The number of anilines is 1. The predicted octanol–water partition coefficient (Wildman–Crippen LogP) is 1.84. The van der Waals surface area contributed by atoms with E-state index in [9.17, 15) is 23.3 Å². The van der Waals surface area contributed by atoms with Crippen LogP contribution < -0.4 is 10.5 Å². The highest BCUT2D eigenvalue weighted by atomic mass is 32.2. The van der Waals surface area contributed by atoms with Crippen LogP contribution in [-0.4, -0.2) is 17.9 Å². The Labute approximate surface area is 135 Å². The van der Waals surface area contributed by atoms with E-state index in [1.54, 1.807) is 0 Å². The minimum absolute atomic E-state index is 0.170. The summed E-state index contributed by atoms with van der Waals surface area (Å²) in [5.41, 5.74) is 0.575. The van der Waals surface area contributed by atoms with Crippen LogP contribution in [0.1, 0.15) is 0 Å². The molecule has 0 aliphatic carbocycles. The number of hydrogen-bond acceptors (Lipinski definition) is 6. The maximum atomic E-state index is 12.4. The average molecular weight is 349 g/mol. The number of nitrogens with one attached hydrogen (secondary N) is 1. The van der Waals surface area contributed by atoms with Gasteiger partial charge in [0.2, 0.25) is 0 Å². The fraction of sp³-hybridized carbons (Fsp3) is 0.0714. The largest absolute Gasteiger partial charge is 0.419 e. The van der Waals surface area contributed by atoms with Gasteiger partial charge in [0.05, 0.1) is 21.0 Å². The average Bonchev–Trinajstić information content (AvgIpc) is 2.81. The molecule has 0 unspecified atom stereocenters. The van der Waals surface area contributed by atoms with Gasteiger partial charge in [0, 0.05) is 25.2 Å². The number of non-ortho nitro benzene ring substituents is 1. The van der Waals surface area contributed by atoms with Gasteiger partial charge in [-0.05, 0) is 18.2 Å². The van der Waals surface area contributed by atoms with Crippen LogP contribution in [0, 0.1) is 10.1 Å². The number of aromatic nitrogens is 1. The van der Waals surface area contributed by atoms with E-state index in [1.165, 1.54) is 48.0 Å². The standard InChI is InChI=1S/C14H11N3O6S/c1-16-12-6-5-9(7-13(12)23-14(16)18)15-24(21,22)11-4-2-3-10(8-11)17(19)20/h2-8,15H,1H3. The first-order chi connectivity index (χ1) is 11.3. The van der Waals surface area contributed by atoms with Gasteiger partial charge in [-0.3, -0.25) is 19.4 Å². The maximum absolute atomic E-state index is 12.4. The molecule has 0 atom stereocenters. The number of nitrogens with zero attached hydrogens (tertiary/aromatic N) is 2. The van der Waals surface area contributed by atoms with Crippen LogP contribution in [-0.2, 0) is 17.1 Å². The molecule has 0 saturated heterocycles. The predicted molar refractivity (Wildman–Crippen MR) is 85.4 cm³/mol. The van der Waals surface area contributed by atoms with Gasteiger partial charge in [-0.2, -0.15) is 0 Å². The van der Waals surface area contributed by atoms with Gasteiger partial charge in [-0.25, -0.2) is 13.2 Å². The molecular weight excluding hydrogens is 338 g/mol. The second-order valence-electron chi connectivity index (χ2n) is 4.97. The van der Waals surface area contributed by atoms with Crippen LogP contribution in [0.3, 0.4) is 0 Å². The van der Waals surface area contributed by atoms with E-state index in [4.69, 9.17) is 4.42 Å². The van der Waals surface area contributed by atoms with Crippen molar-refractivity contribution in [1.82, 2.24) is 4.57 Å². The number of nitro groups is 1. The third-order valence-corrected chi connectivity index (χ3v) is 4.76. The van der Waals surface area contributed by atoms with Crippen molar-refractivity contribution in [3.8, 4) is 0 Å². The van der Waals surface area contributed by atoms with Crippen molar-refractivity contribution in [2.45, 2.75) is 4.90 Å². The van der Waals surface area contributed by atoms with Crippen molar-refractivity contribution >= 4 is 32.5 Å². The number of benzene rings is 2. The smallest absolute Gasteiger partial charge is 0.408 e. The number of sulfonamides is 1. The zero-order valence-corrected chi connectivity index (χ0v) is 13.1. The zero-order chi connectivity index (χ0) is 17.5. The first kappa shape index (κ1) is 15.7. The van der Waals surface area contributed by atoms with Crippen LogP contribution in [0.2, 0.25) is 0 Å². The molecule has 1 N–H and O–H groups in total. The molecule has 1 heterocycles. The molecule has 9 nitrogen and oxygen atoms in total. The van der Waals surface area contributed by atoms with Crippen molar-refractivity contribution in [3.63, 3.8) is 0 Å². The van der Waals surface area contributed by atoms with Gasteiger partial charge < -0.3 is 4.42 Å². The van der Waals surface area contributed by atoms with Crippen LogP contribution >= 0.6 is 0 Å². The Morgan fingerprint density at radius 2 is 1.96 bits per heavy atom. The fourth-order valence-corrected chi connectivity index (χ4v) is 3.26. The van der Waals surface area contributed by atoms with Crippen LogP contribution in [0.15, 0.2) is 56.6 Å². The quantitative estimate of drug-likeness (QED) is 0.566. The van der Waals surface area contributed by atoms with Crippen LogP contribution in [0.25, 0.3) is 11.1 Å². The molecule has 3 rings (SSSR count). The van der Waals surface area contributed by atoms with Crippen LogP contribution in [0.5, 0.6) is 0 Å². The summed E-state index contributed by atoms with van der Waals surface area (Å²) in [4.78, 5) is 21.3. The van der Waals surface area contributed by atoms with E-state index in [0.29, 0.717) is 5.52 Å². The molecule has 0 radical (unpaired) electrons. The molecule has 24 heavy (non-hydrogen) atoms. The number of fused-ring (bicyclic) bond motifs is 1. The van der Waals surface area contributed by atoms with Gasteiger partial charge in [0.1, 0.15) is 0 Å². The topological polar surface area (TPSA) is 124 Å². The fourth-order valence-electron chi connectivity index (χ4n) is 2.18. The van der Waals surface area contributed by atoms with Gasteiger partial charge in [0.25, 0.3) is 15.7 Å². The van der Waals surface area contributed by atoms with Crippen molar-refractivity contribution in [2.24, 2.45) is 7.05 Å². The molecule has 10 heteroatoms. The Kier molecular flexibility index (Phi) is 3.60. The Hall–Kier alpha value is -3.14. The van der Waals surface area contributed by atoms with Gasteiger partial charge in [0.15, 0.2) is 5.58 Å². The molecule has 0 saturated carbocycles. The Bertz CT molecular complexity index is 1110. The lowest BCUT2D eigenvalue weighted by molar-refractivity contribution is -0.385. The molecule has 0 amide bonds. The summed E-state index contributed by atoms with van der Waals surface area (Å²) < 4.78 is 33.3. The minimum atomic E-state index is -4.02. The summed E-state index contributed by atoms with van der Waals surface area (Å²) in [6, 6.07) is 9.05. The van der Waals surface area contributed by atoms with E-state index in [0.717, 1.165) is 6.07 Å². The number of nitro benzene ring substituents is 1. The molecule has 0 spiro atoms. The highest BCUT2D eigenvalue weighted by Gasteiger charge is 2.18. The second-order valence-corrected chi connectivity index (χ2v) is 6.65. The summed E-state index contributed by atoms with van der Waals surface area (Å²) in [6.45, 7) is 0. The maximum Gasteiger partial charge on any atom is 0.419 e. The molecule has 1 aromatic heterocycles. The Morgan fingerprint density at radius 1 is 1.21 bits per heavy atom. The zero-order valence-electron chi connectivity index (χ0n) is 12.3. The van der Waals surface area contributed by atoms with Crippen molar-refractivity contribution in [2.75, 3.05) is 4.72 Å². The van der Waals surface area contributed by atoms with Crippen molar-refractivity contribution in [3.05, 3.63) is 63.1 Å². The van der Waals surface area contributed by atoms with Gasteiger partial charge in [-0.1, -0.05) is 6.07 Å². The lowest BCUT2D eigenvalue weighted by Gasteiger charge is -2.08. The Morgan fingerprint density at radius 3 is 2.67 bits per heavy atom. The molecule has 0 bridgehead atoms. The third-order valence-electron chi connectivity index (χ3n) is 3.38. The summed E-state index contributed by atoms with van der Waals surface area (Å²) in [7, 11) is -2.49.